The fraction of sp³-hybridized carbons (Fsp3) is 0.500. The van der Waals surface area contributed by atoms with Crippen molar-refractivity contribution < 1.29 is 0 Å². The molecule has 76 valence electrons. The van der Waals surface area contributed by atoms with Crippen LogP contribution in [-0.2, 0) is 6.42 Å². The van der Waals surface area contributed by atoms with Crippen molar-refractivity contribution in [3.05, 3.63) is 32.9 Å². The Morgan fingerprint density at radius 1 is 1.50 bits per heavy atom. The third-order valence-corrected chi connectivity index (χ3v) is 3.67. The molecule has 14 heavy (non-hydrogen) atoms. The average molecular weight is 301 g/mol. The van der Waals surface area contributed by atoms with Crippen molar-refractivity contribution >= 4 is 22.6 Å². The first-order valence-electron chi connectivity index (χ1n) is 5.30. The first kappa shape index (κ1) is 10.4. The molecule has 0 aromatic heterocycles. The minimum absolute atomic E-state index is 0.710. The molecule has 1 atom stereocenters. The van der Waals surface area contributed by atoms with Gasteiger partial charge in [0.1, 0.15) is 0 Å². The van der Waals surface area contributed by atoms with E-state index in [1.54, 1.807) is 11.1 Å². The van der Waals surface area contributed by atoms with Crippen molar-refractivity contribution in [2.75, 3.05) is 13.1 Å². The molecule has 1 aliphatic heterocycles. The van der Waals surface area contributed by atoms with Crippen molar-refractivity contribution in [3.63, 3.8) is 0 Å². The summed E-state index contributed by atoms with van der Waals surface area (Å²) in [5.41, 5.74) is 3.12. The molecule has 1 nitrogen and oxygen atoms in total. The molecule has 0 bridgehead atoms. The zero-order chi connectivity index (χ0) is 9.97. The summed E-state index contributed by atoms with van der Waals surface area (Å²) < 4.78 is 1.36. The van der Waals surface area contributed by atoms with Crippen LogP contribution in [0.4, 0.5) is 0 Å². The summed E-state index contributed by atoms with van der Waals surface area (Å²) >= 11 is 2.40. The predicted octanol–water partition coefficient (Wildman–Crippen LogP) is 2.93. The summed E-state index contributed by atoms with van der Waals surface area (Å²) in [5.74, 6) is 0.710. The second-order valence-corrected chi connectivity index (χ2v) is 5.15. The van der Waals surface area contributed by atoms with Crippen molar-refractivity contribution in [3.8, 4) is 0 Å². The minimum Gasteiger partial charge on any atom is -0.316 e. The Kier molecular flexibility index (Phi) is 3.44. The van der Waals surface area contributed by atoms with Crippen LogP contribution in [0.1, 0.15) is 30.4 Å². The van der Waals surface area contributed by atoms with Crippen LogP contribution >= 0.6 is 22.6 Å². The molecular weight excluding hydrogens is 285 g/mol. The minimum atomic E-state index is 0.710. The van der Waals surface area contributed by atoms with Crippen LogP contribution in [0.3, 0.4) is 0 Å². The van der Waals surface area contributed by atoms with Crippen molar-refractivity contribution in [2.24, 2.45) is 0 Å². The normalized spacial score (nSPS) is 21.4. The van der Waals surface area contributed by atoms with Crippen molar-refractivity contribution in [1.29, 1.82) is 0 Å². The Morgan fingerprint density at radius 3 is 3.14 bits per heavy atom. The molecule has 2 rings (SSSR count). The average Bonchev–Trinajstić information content (AvgIpc) is 2.39. The van der Waals surface area contributed by atoms with Gasteiger partial charge in [-0.1, -0.05) is 13.0 Å². The number of hydrogen-bond acceptors (Lipinski definition) is 1. The maximum atomic E-state index is 3.51. The molecule has 0 aliphatic carbocycles. The first-order chi connectivity index (χ1) is 6.81. The van der Waals surface area contributed by atoms with E-state index in [0.29, 0.717) is 5.92 Å². The van der Waals surface area contributed by atoms with E-state index in [1.807, 2.05) is 0 Å². The Bertz CT molecular complexity index is 322. The molecule has 0 saturated carbocycles. The second-order valence-electron chi connectivity index (χ2n) is 3.90. The van der Waals surface area contributed by atoms with E-state index >= 15 is 0 Å². The number of hydrogen-bond donors (Lipinski definition) is 1. The van der Waals surface area contributed by atoms with Crippen molar-refractivity contribution in [2.45, 2.75) is 25.7 Å². The molecular formula is C12H16IN. The lowest BCUT2D eigenvalue weighted by atomic mass is 9.92. The van der Waals surface area contributed by atoms with E-state index < -0.39 is 0 Å². The number of nitrogens with one attached hydrogen (secondary N) is 1. The van der Waals surface area contributed by atoms with Gasteiger partial charge in [0, 0.05) is 10.1 Å². The number of benzene rings is 1. The molecule has 0 saturated heterocycles. The van der Waals surface area contributed by atoms with Crippen LogP contribution in [-0.4, -0.2) is 13.1 Å². The monoisotopic (exact) mass is 301 g/mol. The number of rotatable bonds is 1. The van der Waals surface area contributed by atoms with E-state index in [0.717, 1.165) is 13.1 Å². The smallest absolute Gasteiger partial charge is 0.0133 e. The van der Waals surface area contributed by atoms with E-state index in [9.17, 15) is 0 Å². The Labute approximate surface area is 99.4 Å². The SMILES string of the molecule is CC[C@@H]1CNCCc2ccc(I)cc21. The number of fused-ring (bicyclic) bond motifs is 1. The maximum Gasteiger partial charge on any atom is 0.0133 e. The molecule has 1 aliphatic rings. The standard InChI is InChI=1S/C12H16IN/c1-2-9-8-14-6-5-10-3-4-11(13)7-12(9)10/h3-4,7,9,14H,2,5-6,8H2,1H3/t9-/m1/s1. The zero-order valence-electron chi connectivity index (χ0n) is 8.52. The highest BCUT2D eigenvalue weighted by atomic mass is 127. The summed E-state index contributed by atoms with van der Waals surface area (Å²) in [4.78, 5) is 0. The van der Waals surface area contributed by atoms with Gasteiger partial charge >= 0.3 is 0 Å². The quantitative estimate of drug-likeness (QED) is 0.787. The van der Waals surface area contributed by atoms with Crippen LogP contribution < -0.4 is 5.32 Å². The lowest BCUT2D eigenvalue weighted by molar-refractivity contribution is 0.594. The summed E-state index contributed by atoms with van der Waals surface area (Å²) in [7, 11) is 0. The molecule has 1 heterocycles. The van der Waals surface area contributed by atoms with Crippen molar-refractivity contribution in [1.82, 2.24) is 5.32 Å². The van der Waals surface area contributed by atoms with Gasteiger partial charge in [0.25, 0.3) is 0 Å². The van der Waals surface area contributed by atoms with E-state index in [2.05, 4.69) is 53.0 Å². The maximum absolute atomic E-state index is 3.51. The van der Waals surface area contributed by atoms with Crippen LogP contribution in [0, 0.1) is 3.57 Å². The van der Waals surface area contributed by atoms with Gasteiger partial charge < -0.3 is 5.32 Å². The van der Waals surface area contributed by atoms with E-state index in [1.165, 1.54) is 16.4 Å². The van der Waals surface area contributed by atoms with Crippen LogP contribution in [0.15, 0.2) is 18.2 Å². The molecule has 0 spiro atoms. The highest BCUT2D eigenvalue weighted by Gasteiger charge is 2.16. The first-order valence-corrected chi connectivity index (χ1v) is 6.38. The Balaban J connectivity index is 2.40. The Morgan fingerprint density at radius 2 is 2.36 bits per heavy atom. The number of halogens is 1. The predicted molar refractivity (Wildman–Crippen MR) is 68.8 cm³/mol. The second kappa shape index (κ2) is 4.62. The molecule has 1 aromatic carbocycles. The van der Waals surface area contributed by atoms with Gasteiger partial charge in [0.15, 0.2) is 0 Å². The highest BCUT2D eigenvalue weighted by molar-refractivity contribution is 14.1. The fourth-order valence-corrected chi connectivity index (χ4v) is 2.66. The molecule has 1 aromatic rings. The molecule has 1 N–H and O–H groups in total. The molecule has 2 heteroatoms. The van der Waals surface area contributed by atoms with Crippen LogP contribution in [0.5, 0.6) is 0 Å². The van der Waals surface area contributed by atoms with Gasteiger partial charge in [0.2, 0.25) is 0 Å². The summed E-state index contributed by atoms with van der Waals surface area (Å²) in [6.45, 7) is 4.55. The van der Waals surface area contributed by atoms with Crippen LogP contribution in [0.25, 0.3) is 0 Å². The molecule has 0 radical (unpaired) electrons. The molecule has 0 unspecified atom stereocenters. The third kappa shape index (κ3) is 2.11. The van der Waals surface area contributed by atoms with E-state index in [-0.39, 0.29) is 0 Å². The van der Waals surface area contributed by atoms with E-state index in [4.69, 9.17) is 0 Å². The lowest BCUT2D eigenvalue weighted by Crippen LogP contribution is -2.19. The fourth-order valence-electron chi connectivity index (χ4n) is 2.15. The molecule has 0 fully saturated rings. The van der Waals surface area contributed by atoms with Gasteiger partial charge in [-0.25, -0.2) is 0 Å². The summed E-state index contributed by atoms with van der Waals surface area (Å²) in [5, 5.41) is 3.51. The van der Waals surface area contributed by atoms with Gasteiger partial charge in [-0.15, -0.1) is 0 Å². The largest absolute Gasteiger partial charge is 0.316 e. The summed E-state index contributed by atoms with van der Waals surface area (Å²) in [6, 6.07) is 6.88. The lowest BCUT2D eigenvalue weighted by Gasteiger charge is -2.15. The topological polar surface area (TPSA) is 12.0 Å². The van der Waals surface area contributed by atoms with Crippen LogP contribution in [0.2, 0.25) is 0 Å². The summed E-state index contributed by atoms with van der Waals surface area (Å²) in [6.07, 6.45) is 2.42. The van der Waals surface area contributed by atoms with Gasteiger partial charge in [-0.05, 0) is 71.2 Å². The van der Waals surface area contributed by atoms with Gasteiger partial charge in [0.05, 0.1) is 0 Å². The highest BCUT2D eigenvalue weighted by Crippen LogP contribution is 2.26. The zero-order valence-corrected chi connectivity index (χ0v) is 10.7. The van der Waals surface area contributed by atoms with Gasteiger partial charge in [-0.2, -0.15) is 0 Å². The molecule has 0 amide bonds. The van der Waals surface area contributed by atoms with Gasteiger partial charge in [-0.3, -0.25) is 0 Å². The third-order valence-electron chi connectivity index (χ3n) is 3.00. The Hall–Kier alpha value is -0.0900.